The first-order valence-corrected chi connectivity index (χ1v) is 11.8. The van der Waals surface area contributed by atoms with Crippen molar-refractivity contribution in [2.24, 2.45) is 0 Å². The van der Waals surface area contributed by atoms with Crippen LogP contribution in [-0.2, 0) is 0 Å². The summed E-state index contributed by atoms with van der Waals surface area (Å²) in [6.45, 7) is 2.42. The van der Waals surface area contributed by atoms with Gasteiger partial charge in [0.15, 0.2) is 0 Å². The first-order valence-electron chi connectivity index (χ1n) is 11.0. The predicted molar refractivity (Wildman–Crippen MR) is 140 cm³/mol. The summed E-state index contributed by atoms with van der Waals surface area (Å²) in [4.78, 5) is 30.1. The van der Waals surface area contributed by atoms with Crippen LogP contribution in [-0.4, -0.2) is 62.7 Å². The maximum Gasteiger partial charge on any atom is 0.287 e. The van der Waals surface area contributed by atoms with E-state index in [-0.39, 0.29) is 5.69 Å². The van der Waals surface area contributed by atoms with Gasteiger partial charge < -0.3 is 20.1 Å². The van der Waals surface area contributed by atoms with E-state index in [4.69, 9.17) is 28.2 Å². The third-order valence-electron chi connectivity index (χ3n) is 5.29. The average molecular weight is 528 g/mol. The Morgan fingerprint density at radius 2 is 1.94 bits per heavy atom. The molecule has 11 nitrogen and oxygen atoms in total. The fourth-order valence-electron chi connectivity index (χ4n) is 3.46. The zero-order chi connectivity index (χ0) is 25.5. The Labute approximate surface area is 217 Å². The van der Waals surface area contributed by atoms with Crippen LogP contribution in [0.25, 0.3) is 16.9 Å². The standard InChI is InChI=1S/C23H23Cl2N9O2/c1-26-6-9-32(11-8-28-21-5-3-17(13-29-21)34(35)36)23-30-14-20(33-10-7-27-15-33)22(31-23)18-4-2-16(24)12-19(18)25/h2-5,7,10,12-15,26H,6,8-9,11H2,1H3,(H,28,29). The Morgan fingerprint density at radius 1 is 1.11 bits per heavy atom. The van der Waals surface area contributed by atoms with Crippen LogP contribution >= 0.6 is 23.2 Å². The summed E-state index contributed by atoms with van der Waals surface area (Å²) in [5.41, 5.74) is 2.02. The van der Waals surface area contributed by atoms with Gasteiger partial charge in [0, 0.05) is 55.2 Å². The lowest BCUT2D eigenvalue weighted by Crippen LogP contribution is -2.36. The molecule has 0 saturated heterocycles. The topological polar surface area (TPSA) is 127 Å². The van der Waals surface area contributed by atoms with Crippen molar-refractivity contribution in [3.05, 3.63) is 81.6 Å². The minimum Gasteiger partial charge on any atom is -0.368 e. The van der Waals surface area contributed by atoms with Crippen LogP contribution in [0.5, 0.6) is 0 Å². The minimum absolute atomic E-state index is 0.0593. The third-order valence-corrected chi connectivity index (χ3v) is 5.83. The van der Waals surface area contributed by atoms with Crippen molar-refractivity contribution in [2.45, 2.75) is 0 Å². The predicted octanol–water partition coefficient (Wildman–Crippen LogP) is 4.08. The second kappa shape index (κ2) is 11.8. The molecule has 0 spiro atoms. The summed E-state index contributed by atoms with van der Waals surface area (Å²) < 4.78 is 1.82. The zero-order valence-corrected chi connectivity index (χ0v) is 20.8. The molecule has 0 saturated carbocycles. The van der Waals surface area contributed by atoms with E-state index in [1.807, 2.05) is 28.8 Å². The quantitative estimate of drug-likeness (QED) is 0.219. The van der Waals surface area contributed by atoms with E-state index in [2.05, 4.69) is 25.6 Å². The number of benzene rings is 1. The number of nitro groups is 1. The maximum atomic E-state index is 10.8. The van der Waals surface area contributed by atoms with Crippen molar-refractivity contribution in [3.8, 4) is 16.9 Å². The molecule has 0 radical (unpaired) electrons. The molecular weight excluding hydrogens is 505 g/mol. The van der Waals surface area contributed by atoms with E-state index in [0.29, 0.717) is 53.7 Å². The molecule has 3 aromatic heterocycles. The highest BCUT2D eigenvalue weighted by atomic mass is 35.5. The van der Waals surface area contributed by atoms with Crippen molar-refractivity contribution in [1.29, 1.82) is 0 Å². The van der Waals surface area contributed by atoms with Crippen LogP contribution in [0.15, 0.2) is 61.4 Å². The van der Waals surface area contributed by atoms with Gasteiger partial charge in [-0.3, -0.25) is 10.1 Å². The molecule has 3 heterocycles. The van der Waals surface area contributed by atoms with Gasteiger partial charge >= 0.3 is 0 Å². The Hall–Kier alpha value is -3.80. The molecule has 0 fully saturated rings. The maximum absolute atomic E-state index is 10.8. The molecule has 13 heteroatoms. The normalized spacial score (nSPS) is 10.9. The highest BCUT2D eigenvalue weighted by Crippen LogP contribution is 2.33. The van der Waals surface area contributed by atoms with Crippen molar-refractivity contribution < 1.29 is 4.92 Å². The Morgan fingerprint density at radius 3 is 2.61 bits per heavy atom. The molecule has 0 unspecified atom stereocenters. The molecule has 0 aliphatic carbocycles. The molecule has 0 aliphatic heterocycles. The average Bonchev–Trinajstić information content (AvgIpc) is 3.41. The lowest BCUT2D eigenvalue weighted by molar-refractivity contribution is -0.385. The molecule has 2 N–H and O–H groups in total. The van der Waals surface area contributed by atoms with Gasteiger partial charge in [0.25, 0.3) is 5.69 Å². The SMILES string of the molecule is CNCCN(CCNc1ccc([N+](=O)[O-])cn1)c1ncc(-n2ccnc2)c(-c2ccc(Cl)cc2Cl)n1. The Balaban J connectivity index is 1.61. The van der Waals surface area contributed by atoms with Crippen LogP contribution in [0.3, 0.4) is 0 Å². The van der Waals surface area contributed by atoms with Crippen LogP contribution in [0.2, 0.25) is 10.0 Å². The summed E-state index contributed by atoms with van der Waals surface area (Å²) in [6, 6.07) is 8.26. The number of aromatic nitrogens is 5. The van der Waals surface area contributed by atoms with Gasteiger partial charge in [-0.25, -0.2) is 19.9 Å². The number of likely N-dealkylation sites (N-methyl/N-ethyl adjacent to an activating group) is 1. The lowest BCUT2D eigenvalue weighted by atomic mass is 10.1. The minimum atomic E-state index is -0.481. The molecule has 4 aromatic rings. The largest absolute Gasteiger partial charge is 0.368 e. The molecule has 0 amide bonds. The molecule has 0 bridgehead atoms. The second-order valence-corrected chi connectivity index (χ2v) is 8.52. The van der Waals surface area contributed by atoms with Gasteiger partial charge in [0.2, 0.25) is 5.95 Å². The zero-order valence-electron chi connectivity index (χ0n) is 19.3. The smallest absolute Gasteiger partial charge is 0.287 e. The van der Waals surface area contributed by atoms with E-state index in [1.165, 1.54) is 12.3 Å². The van der Waals surface area contributed by atoms with Gasteiger partial charge in [-0.05, 0) is 31.3 Å². The summed E-state index contributed by atoms with van der Waals surface area (Å²) in [7, 11) is 1.87. The molecule has 4 rings (SSSR count). The number of halogens is 2. The lowest BCUT2D eigenvalue weighted by Gasteiger charge is -2.24. The first kappa shape index (κ1) is 25.3. The number of nitrogens with zero attached hydrogens (tertiary/aromatic N) is 7. The van der Waals surface area contributed by atoms with Crippen molar-refractivity contribution in [1.82, 2.24) is 29.8 Å². The van der Waals surface area contributed by atoms with Crippen molar-refractivity contribution in [2.75, 3.05) is 43.4 Å². The second-order valence-electron chi connectivity index (χ2n) is 7.67. The first-order chi connectivity index (χ1) is 17.5. The van der Waals surface area contributed by atoms with E-state index in [0.717, 1.165) is 11.3 Å². The molecule has 186 valence electrons. The Bertz CT molecular complexity index is 1320. The van der Waals surface area contributed by atoms with E-state index in [1.54, 1.807) is 36.9 Å². The molecule has 0 aliphatic rings. The van der Waals surface area contributed by atoms with Gasteiger partial charge in [-0.2, -0.15) is 0 Å². The number of hydrogen-bond acceptors (Lipinski definition) is 9. The van der Waals surface area contributed by atoms with E-state index < -0.39 is 4.92 Å². The summed E-state index contributed by atoms with van der Waals surface area (Å²) in [6.07, 6.45) is 8.12. The highest BCUT2D eigenvalue weighted by Gasteiger charge is 2.18. The van der Waals surface area contributed by atoms with Crippen LogP contribution in [0.1, 0.15) is 0 Å². The Kier molecular flexibility index (Phi) is 8.26. The summed E-state index contributed by atoms with van der Waals surface area (Å²) in [5, 5.41) is 18.2. The van der Waals surface area contributed by atoms with Crippen LogP contribution in [0.4, 0.5) is 17.5 Å². The fraction of sp³-hybridized carbons (Fsp3) is 0.217. The fourth-order valence-corrected chi connectivity index (χ4v) is 3.96. The third kappa shape index (κ3) is 6.06. The number of imidazole rings is 1. The number of rotatable bonds is 11. The number of nitrogens with one attached hydrogen (secondary N) is 2. The molecular formula is C23H23Cl2N9O2. The number of anilines is 2. The highest BCUT2D eigenvalue weighted by molar-refractivity contribution is 6.36. The van der Waals surface area contributed by atoms with E-state index >= 15 is 0 Å². The van der Waals surface area contributed by atoms with Gasteiger partial charge in [-0.1, -0.05) is 23.2 Å². The monoisotopic (exact) mass is 527 g/mol. The van der Waals surface area contributed by atoms with Crippen LogP contribution in [0, 0.1) is 10.1 Å². The molecule has 1 aromatic carbocycles. The van der Waals surface area contributed by atoms with Gasteiger partial charge in [0.05, 0.1) is 28.2 Å². The number of pyridine rings is 1. The van der Waals surface area contributed by atoms with Crippen molar-refractivity contribution in [3.63, 3.8) is 0 Å². The van der Waals surface area contributed by atoms with Gasteiger partial charge in [0.1, 0.15) is 17.7 Å². The van der Waals surface area contributed by atoms with E-state index in [9.17, 15) is 10.1 Å². The number of hydrogen-bond donors (Lipinski definition) is 2. The van der Waals surface area contributed by atoms with Crippen molar-refractivity contribution >= 4 is 40.7 Å². The van der Waals surface area contributed by atoms with Gasteiger partial charge in [-0.15, -0.1) is 0 Å². The summed E-state index contributed by atoms with van der Waals surface area (Å²) >= 11 is 12.7. The summed E-state index contributed by atoms with van der Waals surface area (Å²) in [5.74, 6) is 1.06. The van der Waals surface area contributed by atoms with Crippen LogP contribution < -0.4 is 15.5 Å². The molecule has 36 heavy (non-hydrogen) atoms. The molecule has 0 atom stereocenters.